The van der Waals surface area contributed by atoms with E-state index >= 15 is 0 Å². The highest BCUT2D eigenvalue weighted by Crippen LogP contribution is 2.28. The molecule has 1 rings (SSSR count). The minimum Gasteiger partial charge on any atom is -0.481 e. The molecule has 0 aromatic rings. The van der Waals surface area contributed by atoms with E-state index in [-0.39, 0.29) is 31.7 Å². The summed E-state index contributed by atoms with van der Waals surface area (Å²) in [5.74, 6) is -6.25. The van der Waals surface area contributed by atoms with Crippen molar-refractivity contribution in [2.24, 2.45) is 5.73 Å². The van der Waals surface area contributed by atoms with Crippen LogP contribution in [-0.2, 0) is 62.0 Å². The summed E-state index contributed by atoms with van der Waals surface area (Å²) >= 11 is 0. The molecule has 0 aromatic carbocycles. The molecule has 78 heavy (non-hydrogen) atoms. The number of nitrogens with one attached hydrogen (secondary N) is 3. The zero-order chi connectivity index (χ0) is 57.9. The van der Waals surface area contributed by atoms with Crippen LogP contribution in [0.5, 0.6) is 0 Å². The van der Waals surface area contributed by atoms with Crippen molar-refractivity contribution in [3.05, 3.63) is 0 Å². The number of aliphatic hydroxyl groups is 1. The van der Waals surface area contributed by atoms with Crippen molar-refractivity contribution in [1.82, 2.24) is 16.0 Å². The van der Waals surface area contributed by atoms with Gasteiger partial charge < -0.3 is 55.6 Å². The van der Waals surface area contributed by atoms with E-state index < -0.39 is 109 Å². The lowest BCUT2D eigenvalue weighted by Crippen LogP contribution is -2.66. The van der Waals surface area contributed by atoms with Gasteiger partial charge in [0.2, 0.25) is 29.9 Å². The number of hydrogen-bond donors (Lipinski definition) is 6. The lowest BCUT2D eigenvalue weighted by Gasteiger charge is -2.44. The first-order valence-corrected chi connectivity index (χ1v) is 30.4. The number of aliphatic carboxylic acids is 1. The average Bonchev–Trinajstić information content (AvgIpc) is 3.39. The van der Waals surface area contributed by atoms with Crippen molar-refractivity contribution in [3.63, 3.8) is 0 Å². The van der Waals surface area contributed by atoms with Crippen LogP contribution in [0.1, 0.15) is 266 Å². The number of hydrogen-bond acceptors (Lipinski definition) is 14. The molecule has 0 spiro atoms. The minimum absolute atomic E-state index is 0.0290. The summed E-state index contributed by atoms with van der Waals surface area (Å²) in [5.41, 5.74) is 5.37. The Hall–Kier alpha value is -4.36. The zero-order valence-electron chi connectivity index (χ0n) is 48.9. The topological polar surface area (TPSA) is 285 Å². The number of rotatable bonds is 49. The molecule has 1 fully saturated rings. The van der Waals surface area contributed by atoms with E-state index in [9.17, 15) is 43.5 Å². The van der Waals surface area contributed by atoms with Crippen LogP contribution in [0.25, 0.3) is 0 Å². The molecule has 1 heterocycles. The first-order chi connectivity index (χ1) is 37.4. The third-order valence-corrected chi connectivity index (χ3v) is 14.3. The van der Waals surface area contributed by atoms with Crippen LogP contribution in [-0.4, -0.2) is 119 Å². The quantitative estimate of drug-likeness (QED) is 0.0188. The molecular weight excluding hydrogens is 1000 g/mol. The highest BCUT2D eigenvalue weighted by molar-refractivity contribution is 5.92. The molecule has 0 radical (unpaired) electrons. The van der Waals surface area contributed by atoms with Crippen LogP contribution < -0.4 is 21.7 Å². The van der Waals surface area contributed by atoms with Crippen molar-refractivity contribution < 1.29 is 72.3 Å². The molecule has 7 N–H and O–H groups in total. The van der Waals surface area contributed by atoms with Gasteiger partial charge in [-0.25, -0.2) is 0 Å². The van der Waals surface area contributed by atoms with Crippen molar-refractivity contribution in [3.8, 4) is 0 Å². The lowest BCUT2D eigenvalue weighted by atomic mass is 9.96. The van der Waals surface area contributed by atoms with E-state index in [0.717, 1.165) is 70.6 Å². The summed E-state index contributed by atoms with van der Waals surface area (Å²) in [5, 5.41) is 28.4. The van der Waals surface area contributed by atoms with E-state index in [1.807, 2.05) is 0 Å². The Morgan fingerprint density at radius 3 is 1.50 bits per heavy atom. The van der Waals surface area contributed by atoms with Crippen molar-refractivity contribution in [1.29, 1.82) is 0 Å². The summed E-state index contributed by atoms with van der Waals surface area (Å²) in [6, 6.07) is -3.98. The summed E-state index contributed by atoms with van der Waals surface area (Å²) in [6.45, 7) is 9.84. The number of esters is 3. The number of unbranched alkanes of at least 4 members (excludes halogenated alkanes) is 26. The standard InChI is InChI=1S/C59H106N4O15/c1-7-10-13-16-19-22-23-26-29-32-35-38-51(68)78-59-53(62-45(6)64)55(75-44(5)58(73)61-43(4)57(72)63-47(56(60)71)39-40-49(65)66)54(70)48(77-59)42-74-52(69)41-46(36-33-30-27-24-20-17-14-11-8-2)76-50(67)37-34-31-28-25-21-18-15-12-9-3/h43-44,46-48,53-55,59,70H,7-42H2,1-6H3,(H2,60,71)(H,61,73)(H,62,64)(H,63,72)(H,65,66)/t43-,44?,46+,47+,48+,53+,54+,55-,59?/m0/s1. The van der Waals surface area contributed by atoms with Gasteiger partial charge >= 0.3 is 23.9 Å². The number of amides is 4. The first-order valence-electron chi connectivity index (χ1n) is 30.4. The van der Waals surface area contributed by atoms with E-state index in [1.54, 1.807) is 0 Å². The van der Waals surface area contributed by atoms with Crippen LogP contribution in [0.15, 0.2) is 0 Å². The highest BCUT2D eigenvalue weighted by Gasteiger charge is 2.50. The molecule has 1 aliphatic heterocycles. The summed E-state index contributed by atoms with van der Waals surface area (Å²) in [7, 11) is 0. The minimum atomic E-state index is -1.70. The molecule has 2 unspecified atom stereocenters. The molecule has 19 nitrogen and oxygen atoms in total. The zero-order valence-corrected chi connectivity index (χ0v) is 48.9. The number of primary amides is 1. The van der Waals surface area contributed by atoms with Gasteiger partial charge in [0.15, 0.2) is 0 Å². The van der Waals surface area contributed by atoms with Crippen LogP contribution in [0.3, 0.4) is 0 Å². The van der Waals surface area contributed by atoms with Crippen LogP contribution in [0.4, 0.5) is 0 Å². The van der Waals surface area contributed by atoms with Crippen LogP contribution in [0.2, 0.25) is 0 Å². The fraction of sp³-hybridized carbons (Fsp3) is 0.864. The number of carboxylic acid groups (broad SMARTS) is 1. The molecule has 0 aliphatic carbocycles. The van der Waals surface area contributed by atoms with Gasteiger partial charge in [-0.15, -0.1) is 0 Å². The predicted octanol–water partition coefficient (Wildman–Crippen LogP) is 9.62. The van der Waals surface area contributed by atoms with E-state index in [4.69, 9.17) is 34.5 Å². The predicted molar refractivity (Wildman–Crippen MR) is 299 cm³/mol. The lowest BCUT2D eigenvalue weighted by molar-refractivity contribution is -0.275. The Labute approximate surface area is 467 Å². The Morgan fingerprint density at radius 1 is 0.577 bits per heavy atom. The molecule has 19 heteroatoms. The monoisotopic (exact) mass is 1110 g/mol. The molecule has 9 atom stereocenters. The van der Waals surface area contributed by atoms with Gasteiger partial charge in [-0.1, -0.05) is 188 Å². The maximum Gasteiger partial charge on any atom is 0.309 e. The molecule has 0 bridgehead atoms. The number of ether oxygens (including phenoxy) is 5. The summed E-state index contributed by atoms with van der Waals surface area (Å²) in [4.78, 5) is 102. The number of carbonyl (C=O) groups is 8. The second kappa shape index (κ2) is 45.4. The number of nitrogens with two attached hydrogens (primary N) is 1. The molecule has 0 aromatic heterocycles. The van der Waals surface area contributed by atoms with Gasteiger partial charge in [0.1, 0.15) is 55.3 Å². The molecule has 1 saturated heterocycles. The number of carbonyl (C=O) groups excluding carboxylic acids is 7. The maximum absolute atomic E-state index is 13.6. The Bertz CT molecular complexity index is 1690. The average molecular weight is 1110 g/mol. The van der Waals surface area contributed by atoms with Crippen molar-refractivity contribution in [2.45, 2.75) is 321 Å². The second-order valence-corrected chi connectivity index (χ2v) is 21.6. The third-order valence-electron chi connectivity index (χ3n) is 14.3. The van der Waals surface area contributed by atoms with Gasteiger partial charge in [-0.05, 0) is 46.0 Å². The number of aliphatic hydroxyl groups excluding tert-OH is 1. The van der Waals surface area contributed by atoms with Gasteiger partial charge in [0, 0.05) is 26.2 Å². The van der Waals surface area contributed by atoms with E-state index in [1.165, 1.54) is 124 Å². The Morgan fingerprint density at radius 2 is 1.04 bits per heavy atom. The van der Waals surface area contributed by atoms with Crippen molar-refractivity contribution >= 4 is 47.5 Å². The first kappa shape index (κ1) is 71.7. The smallest absolute Gasteiger partial charge is 0.309 e. The van der Waals surface area contributed by atoms with Gasteiger partial charge in [0.25, 0.3) is 0 Å². The van der Waals surface area contributed by atoms with Gasteiger partial charge in [-0.2, -0.15) is 0 Å². The van der Waals surface area contributed by atoms with E-state index in [2.05, 4.69) is 36.7 Å². The molecular formula is C59H106N4O15. The van der Waals surface area contributed by atoms with Crippen LogP contribution >= 0.6 is 0 Å². The number of carboxylic acids is 1. The highest BCUT2D eigenvalue weighted by atomic mass is 16.7. The van der Waals surface area contributed by atoms with E-state index in [0.29, 0.717) is 19.3 Å². The summed E-state index contributed by atoms with van der Waals surface area (Å²) < 4.78 is 29.7. The second-order valence-electron chi connectivity index (χ2n) is 21.6. The molecule has 0 saturated carbocycles. The van der Waals surface area contributed by atoms with Gasteiger partial charge in [-0.3, -0.25) is 38.4 Å². The van der Waals surface area contributed by atoms with Crippen molar-refractivity contribution in [2.75, 3.05) is 6.61 Å². The van der Waals surface area contributed by atoms with Crippen LogP contribution in [0, 0.1) is 0 Å². The van der Waals surface area contributed by atoms with Gasteiger partial charge in [0.05, 0.1) is 6.42 Å². The SMILES string of the molecule is CCCCCCCCCCCCCC(=O)OC1O[C@H](COC(=O)C[C@@H](CCCCCCCCCCC)OC(=O)CCCCCCCCCCC)[C@@H](O)[C@@H](OC(C)C(=O)N[C@@H](C)C(=O)N[C@H](CCC(=O)O)C(N)=O)[C@H]1NC(C)=O. The summed E-state index contributed by atoms with van der Waals surface area (Å²) in [6.07, 6.45) is 22.8. The third kappa shape index (κ3) is 35.3. The molecule has 1 aliphatic rings. The maximum atomic E-state index is 13.6. The molecule has 452 valence electrons. The largest absolute Gasteiger partial charge is 0.481 e. The Kier molecular flexibility index (Phi) is 41.7. The Balaban J connectivity index is 3.23. The fourth-order valence-electron chi connectivity index (χ4n) is 9.50. The fourth-order valence-corrected chi connectivity index (χ4v) is 9.50. The normalized spacial score (nSPS) is 18.7. The molecule has 4 amide bonds.